The molecule has 11 heteroatoms. The molecule has 3 heterocycles. The van der Waals surface area contributed by atoms with E-state index in [0.29, 0.717) is 27.9 Å². The van der Waals surface area contributed by atoms with Gasteiger partial charge in [0.05, 0.1) is 6.26 Å². The van der Waals surface area contributed by atoms with Crippen molar-refractivity contribution < 1.29 is 18.4 Å². The summed E-state index contributed by atoms with van der Waals surface area (Å²) in [5.41, 5.74) is 0.697. The lowest BCUT2D eigenvalue weighted by Crippen LogP contribution is -2.47. The number of hydrogen-bond donors (Lipinski definition) is 1. The Bertz CT molecular complexity index is 1380. The monoisotopic (exact) mass is 536 g/mol. The van der Waals surface area contributed by atoms with Crippen LogP contribution in [-0.4, -0.2) is 43.0 Å². The van der Waals surface area contributed by atoms with Gasteiger partial charge in [0.15, 0.2) is 11.8 Å². The summed E-state index contributed by atoms with van der Waals surface area (Å²) < 4.78 is 11.2. The number of tetrazole rings is 1. The topological polar surface area (TPSA) is 119 Å². The molecule has 0 spiro atoms. The molecule has 4 aromatic rings. The van der Waals surface area contributed by atoms with E-state index in [-0.39, 0.29) is 30.9 Å². The normalized spacial score (nSPS) is 14.8. The highest BCUT2D eigenvalue weighted by Gasteiger charge is 2.35. The number of benzene rings is 1. The fourth-order valence-corrected chi connectivity index (χ4v) is 4.90. The number of carbonyl (C=O) groups is 2. The molecule has 10 nitrogen and oxygen atoms in total. The summed E-state index contributed by atoms with van der Waals surface area (Å²) in [5, 5.41) is 16.0. The van der Waals surface area contributed by atoms with E-state index in [0.717, 1.165) is 32.1 Å². The van der Waals surface area contributed by atoms with Gasteiger partial charge in [0.25, 0.3) is 5.91 Å². The maximum Gasteiger partial charge on any atom is 0.250 e. The van der Waals surface area contributed by atoms with Crippen LogP contribution in [0.25, 0.3) is 11.6 Å². The number of nitrogens with one attached hydrogen (secondary N) is 1. The van der Waals surface area contributed by atoms with E-state index in [1.807, 2.05) is 25.1 Å². The molecule has 1 fully saturated rings. The van der Waals surface area contributed by atoms with Crippen LogP contribution >= 0.6 is 11.6 Å². The van der Waals surface area contributed by atoms with Crippen LogP contribution < -0.4 is 5.32 Å². The molecule has 0 radical (unpaired) electrons. The highest BCUT2D eigenvalue weighted by molar-refractivity contribution is 6.31. The third-order valence-corrected chi connectivity index (χ3v) is 7.00. The quantitative estimate of drug-likeness (QED) is 0.329. The lowest BCUT2D eigenvalue weighted by Gasteiger charge is -2.32. The predicted molar refractivity (Wildman–Crippen MR) is 139 cm³/mol. The van der Waals surface area contributed by atoms with Crippen molar-refractivity contribution in [3.8, 4) is 11.6 Å². The molecule has 38 heavy (non-hydrogen) atoms. The van der Waals surface area contributed by atoms with Crippen LogP contribution in [0, 0.1) is 6.92 Å². The van der Waals surface area contributed by atoms with Crippen LogP contribution in [0.3, 0.4) is 0 Å². The van der Waals surface area contributed by atoms with Crippen molar-refractivity contribution >= 4 is 23.4 Å². The van der Waals surface area contributed by atoms with Crippen molar-refractivity contribution in [2.45, 2.75) is 64.2 Å². The minimum absolute atomic E-state index is 0.0577. The van der Waals surface area contributed by atoms with Gasteiger partial charge in [-0.05, 0) is 60.9 Å². The Morgan fingerprint density at radius 1 is 1.13 bits per heavy atom. The molecule has 2 amide bonds. The van der Waals surface area contributed by atoms with Gasteiger partial charge in [-0.1, -0.05) is 49.1 Å². The first-order valence-electron chi connectivity index (χ1n) is 12.7. The van der Waals surface area contributed by atoms with Crippen LogP contribution in [-0.2, 0) is 22.7 Å². The predicted octanol–water partition coefficient (Wildman–Crippen LogP) is 4.71. The Morgan fingerprint density at radius 3 is 2.66 bits per heavy atom. The summed E-state index contributed by atoms with van der Waals surface area (Å²) in [6, 6.07) is 13.2. The number of halogens is 1. The summed E-state index contributed by atoms with van der Waals surface area (Å²) in [6.07, 6.45) is 6.60. The van der Waals surface area contributed by atoms with Crippen molar-refractivity contribution in [1.29, 1.82) is 0 Å². The van der Waals surface area contributed by atoms with Gasteiger partial charge in [-0.25, -0.2) is 0 Å². The Labute approximate surface area is 224 Å². The third kappa shape index (κ3) is 5.96. The average Bonchev–Trinajstić information content (AvgIpc) is 3.68. The smallest absolute Gasteiger partial charge is 0.250 e. The number of hydrogen-bond acceptors (Lipinski definition) is 7. The van der Waals surface area contributed by atoms with Crippen LogP contribution in [0.1, 0.15) is 55.2 Å². The van der Waals surface area contributed by atoms with Crippen LogP contribution in [0.2, 0.25) is 5.02 Å². The minimum atomic E-state index is -1.01. The molecular formula is C27H29ClN6O4. The molecule has 5 rings (SSSR count). The Kier molecular flexibility index (Phi) is 7.88. The number of rotatable bonds is 9. The van der Waals surface area contributed by atoms with E-state index in [1.165, 1.54) is 16.0 Å². The van der Waals surface area contributed by atoms with Crippen molar-refractivity contribution in [2.24, 2.45) is 0 Å². The molecule has 198 valence electrons. The molecule has 1 saturated carbocycles. The number of aryl methyl sites for hydroxylation is 1. The van der Waals surface area contributed by atoms with Gasteiger partial charge in [-0.15, -0.1) is 10.2 Å². The minimum Gasteiger partial charge on any atom is -0.467 e. The van der Waals surface area contributed by atoms with Crippen molar-refractivity contribution in [2.75, 3.05) is 0 Å². The lowest BCUT2D eigenvalue weighted by molar-refractivity contribution is -0.143. The second-order valence-corrected chi connectivity index (χ2v) is 9.84. The zero-order valence-electron chi connectivity index (χ0n) is 21.0. The number of nitrogens with zero attached hydrogens (tertiary/aromatic N) is 5. The Balaban J connectivity index is 1.44. The second-order valence-electron chi connectivity index (χ2n) is 9.43. The van der Waals surface area contributed by atoms with Gasteiger partial charge >= 0.3 is 0 Å². The third-order valence-electron chi connectivity index (χ3n) is 6.63. The van der Waals surface area contributed by atoms with Crippen LogP contribution in [0.15, 0.2) is 63.6 Å². The summed E-state index contributed by atoms with van der Waals surface area (Å²) >= 11 is 6.46. The molecule has 1 unspecified atom stereocenters. The molecule has 3 aromatic heterocycles. The Morgan fingerprint density at radius 2 is 1.95 bits per heavy atom. The number of furan rings is 2. The van der Waals surface area contributed by atoms with E-state index >= 15 is 0 Å². The summed E-state index contributed by atoms with van der Waals surface area (Å²) in [7, 11) is 0. The van der Waals surface area contributed by atoms with Crippen molar-refractivity contribution in [1.82, 2.24) is 30.4 Å². The first-order chi connectivity index (χ1) is 18.5. The van der Waals surface area contributed by atoms with E-state index in [9.17, 15) is 9.59 Å². The Hall–Kier alpha value is -3.92. The summed E-state index contributed by atoms with van der Waals surface area (Å²) in [6.45, 7) is 1.66. The highest BCUT2D eigenvalue weighted by Crippen LogP contribution is 2.28. The summed E-state index contributed by atoms with van der Waals surface area (Å²) in [4.78, 5) is 30.2. The maximum atomic E-state index is 13.8. The fraction of sp³-hybridized carbons (Fsp3) is 0.370. The van der Waals surface area contributed by atoms with E-state index in [2.05, 4.69) is 20.7 Å². The zero-order valence-corrected chi connectivity index (χ0v) is 21.8. The molecule has 1 N–H and O–H groups in total. The fourth-order valence-electron chi connectivity index (χ4n) is 4.71. The van der Waals surface area contributed by atoms with E-state index in [4.69, 9.17) is 20.4 Å². The van der Waals surface area contributed by atoms with Crippen LogP contribution in [0.5, 0.6) is 0 Å². The van der Waals surface area contributed by atoms with Crippen LogP contribution in [0.4, 0.5) is 0 Å². The molecular weight excluding hydrogens is 508 g/mol. The molecule has 0 saturated heterocycles. The summed E-state index contributed by atoms with van der Waals surface area (Å²) in [5.74, 6) is 1.09. The van der Waals surface area contributed by atoms with Gasteiger partial charge in [-0.3, -0.25) is 9.59 Å². The SMILES string of the molecule is Cc1ccc(-c2nnn(CC(=O)N(Cc3ccccc3Cl)C(C(=O)NC3CCCCC3)c3ccco3)n2)o1. The van der Waals surface area contributed by atoms with Gasteiger partial charge < -0.3 is 19.1 Å². The van der Waals surface area contributed by atoms with Crippen molar-refractivity contribution in [3.63, 3.8) is 0 Å². The largest absolute Gasteiger partial charge is 0.467 e. The number of aromatic nitrogens is 4. The molecule has 1 aliphatic carbocycles. The molecule has 1 atom stereocenters. The molecule has 1 aromatic carbocycles. The number of carbonyl (C=O) groups excluding carboxylic acids is 2. The zero-order chi connectivity index (χ0) is 26.5. The molecule has 1 aliphatic rings. The van der Waals surface area contributed by atoms with Crippen molar-refractivity contribution in [3.05, 3.63) is 76.9 Å². The van der Waals surface area contributed by atoms with Gasteiger partial charge in [0.2, 0.25) is 11.7 Å². The van der Waals surface area contributed by atoms with Gasteiger partial charge in [0.1, 0.15) is 18.1 Å². The van der Waals surface area contributed by atoms with Gasteiger partial charge in [0, 0.05) is 17.6 Å². The lowest BCUT2D eigenvalue weighted by atomic mass is 9.95. The first kappa shape index (κ1) is 25.7. The standard InChI is InChI=1S/C27H29ClN6O4/c1-18-13-14-23(38-18)26-30-32-34(31-26)17-24(35)33(16-19-8-5-6-11-21(19)28)25(22-12-7-15-37-22)27(36)29-20-9-3-2-4-10-20/h5-8,11-15,20,25H,2-4,9-10,16-17H2,1H3,(H,29,36). The highest BCUT2D eigenvalue weighted by atomic mass is 35.5. The maximum absolute atomic E-state index is 13.8. The molecule has 0 aliphatic heterocycles. The number of amides is 2. The average molecular weight is 537 g/mol. The second kappa shape index (κ2) is 11.6. The first-order valence-corrected chi connectivity index (χ1v) is 13.1. The molecule has 0 bridgehead atoms. The van der Waals surface area contributed by atoms with Gasteiger partial charge in [-0.2, -0.15) is 4.80 Å². The van der Waals surface area contributed by atoms with E-state index < -0.39 is 11.9 Å². The van der Waals surface area contributed by atoms with E-state index in [1.54, 1.807) is 30.3 Å².